The van der Waals surface area contributed by atoms with Crippen LogP contribution in [0.15, 0.2) is 18.2 Å². The number of hydrogen-bond donors (Lipinski definition) is 1. The number of methoxy groups -OCH3 is 1. The van der Waals surface area contributed by atoms with E-state index >= 15 is 0 Å². The number of ether oxygens (including phenoxy) is 2. The molecule has 1 aromatic rings. The van der Waals surface area contributed by atoms with Gasteiger partial charge in [-0.3, -0.25) is 0 Å². The van der Waals surface area contributed by atoms with E-state index in [1.807, 2.05) is 18.2 Å². The average Bonchev–Trinajstić information content (AvgIpc) is 2.46. The number of aliphatic hydroxyl groups excluding tert-OH is 1. The van der Waals surface area contributed by atoms with E-state index in [2.05, 4.69) is 11.8 Å². The molecule has 1 aromatic carbocycles. The molecular formula is C18H24O3. The molecule has 0 spiro atoms. The van der Waals surface area contributed by atoms with Crippen LogP contribution < -0.4 is 4.74 Å². The topological polar surface area (TPSA) is 38.7 Å². The molecule has 1 saturated carbocycles. The maximum atomic E-state index is 8.80. The molecule has 1 aliphatic rings. The quantitative estimate of drug-likeness (QED) is 0.619. The molecular weight excluding hydrogens is 264 g/mol. The van der Waals surface area contributed by atoms with Crippen molar-refractivity contribution in [3.63, 3.8) is 0 Å². The molecule has 0 unspecified atom stereocenters. The fraction of sp³-hybridized carbons (Fsp3) is 0.556. The van der Waals surface area contributed by atoms with Crippen LogP contribution in [0.1, 0.15) is 43.2 Å². The summed E-state index contributed by atoms with van der Waals surface area (Å²) in [6.45, 7) is 1.47. The first-order chi connectivity index (χ1) is 10.3. The third-order valence-electron chi connectivity index (χ3n) is 3.93. The molecule has 0 radical (unpaired) electrons. The Balaban J connectivity index is 1.92. The Bertz CT molecular complexity index is 495. The SMILES string of the molecule is COc1ccc(C#CCCO)c(COCCC2CCC2)c1. The van der Waals surface area contributed by atoms with E-state index in [4.69, 9.17) is 14.6 Å². The van der Waals surface area contributed by atoms with Crippen LogP contribution in [0.4, 0.5) is 0 Å². The number of rotatable bonds is 7. The van der Waals surface area contributed by atoms with Crippen molar-refractivity contribution >= 4 is 0 Å². The highest BCUT2D eigenvalue weighted by Crippen LogP contribution is 2.29. The molecule has 0 amide bonds. The molecule has 114 valence electrons. The van der Waals surface area contributed by atoms with Crippen LogP contribution in [0.25, 0.3) is 0 Å². The second kappa shape index (κ2) is 8.71. The summed E-state index contributed by atoms with van der Waals surface area (Å²) >= 11 is 0. The fourth-order valence-electron chi connectivity index (χ4n) is 2.37. The van der Waals surface area contributed by atoms with Gasteiger partial charge in [-0.1, -0.05) is 31.1 Å². The fourth-order valence-corrected chi connectivity index (χ4v) is 2.37. The maximum absolute atomic E-state index is 8.80. The molecule has 1 fully saturated rings. The number of hydrogen-bond acceptors (Lipinski definition) is 3. The van der Waals surface area contributed by atoms with E-state index in [-0.39, 0.29) is 6.61 Å². The Morgan fingerprint density at radius 1 is 1.33 bits per heavy atom. The van der Waals surface area contributed by atoms with Gasteiger partial charge in [-0.2, -0.15) is 0 Å². The first-order valence-electron chi connectivity index (χ1n) is 7.68. The molecule has 0 heterocycles. The summed E-state index contributed by atoms with van der Waals surface area (Å²) in [5, 5.41) is 8.80. The highest BCUT2D eigenvalue weighted by Gasteiger charge is 2.16. The zero-order chi connectivity index (χ0) is 14.9. The molecule has 0 aliphatic heterocycles. The number of benzene rings is 1. The third kappa shape index (κ3) is 5.08. The van der Waals surface area contributed by atoms with Crippen LogP contribution in [0.2, 0.25) is 0 Å². The lowest BCUT2D eigenvalue weighted by molar-refractivity contribution is 0.0947. The van der Waals surface area contributed by atoms with E-state index in [1.165, 1.54) is 19.3 Å². The minimum atomic E-state index is 0.0936. The second-order valence-electron chi connectivity index (χ2n) is 5.44. The van der Waals surface area contributed by atoms with Gasteiger partial charge in [0.15, 0.2) is 0 Å². The van der Waals surface area contributed by atoms with Gasteiger partial charge in [0.25, 0.3) is 0 Å². The summed E-state index contributed by atoms with van der Waals surface area (Å²) in [6, 6.07) is 5.83. The molecule has 0 atom stereocenters. The Kier molecular flexibility index (Phi) is 6.59. The van der Waals surface area contributed by atoms with Gasteiger partial charge in [-0.25, -0.2) is 0 Å². The third-order valence-corrected chi connectivity index (χ3v) is 3.93. The lowest BCUT2D eigenvalue weighted by Gasteiger charge is -2.24. The van der Waals surface area contributed by atoms with Crippen molar-refractivity contribution in [3.8, 4) is 17.6 Å². The molecule has 21 heavy (non-hydrogen) atoms. The molecule has 0 bridgehead atoms. The predicted molar refractivity (Wildman–Crippen MR) is 83.2 cm³/mol. The molecule has 0 aromatic heterocycles. The van der Waals surface area contributed by atoms with E-state index < -0.39 is 0 Å². The van der Waals surface area contributed by atoms with Gasteiger partial charge in [0.1, 0.15) is 5.75 Å². The molecule has 1 N–H and O–H groups in total. The lowest BCUT2D eigenvalue weighted by Crippen LogP contribution is -2.13. The Hall–Kier alpha value is -1.50. The Morgan fingerprint density at radius 3 is 2.86 bits per heavy atom. The second-order valence-corrected chi connectivity index (χ2v) is 5.44. The largest absolute Gasteiger partial charge is 0.497 e. The van der Waals surface area contributed by atoms with Gasteiger partial charge in [0, 0.05) is 18.6 Å². The molecule has 2 rings (SSSR count). The lowest BCUT2D eigenvalue weighted by atomic mass is 9.83. The van der Waals surface area contributed by atoms with Crippen molar-refractivity contribution in [2.45, 2.75) is 38.7 Å². The zero-order valence-corrected chi connectivity index (χ0v) is 12.7. The standard InChI is InChI=1S/C18H24O3/c1-20-18-9-8-16(7-2-3-11-19)17(13-18)14-21-12-10-15-5-4-6-15/h8-9,13,15,19H,3-6,10-12,14H2,1H3. The summed E-state index contributed by atoms with van der Waals surface area (Å²) < 4.78 is 11.1. The van der Waals surface area contributed by atoms with Crippen LogP contribution in [-0.4, -0.2) is 25.4 Å². The first-order valence-corrected chi connectivity index (χ1v) is 7.68. The van der Waals surface area contributed by atoms with Crippen molar-refractivity contribution in [1.82, 2.24) is 0 Å². The van der Waals surface area contributed by atoms with Crippen molar-refractivity contribution in [3.05, 3.63) is 29.3 Å². The average molecular weight is 288 g/mol. The summed E-state index contributed by atoms with van der Waals surface area (Å²) in [5.41, 5.74) is 2.00. The van der Waals surface area contributed by atoms with Gasteiger partial charge in [-0.15, -0.1) is 0 Å². The predicted octanol–water partition coefficient (Wildman–Crippen LogP) is 3.14. The van der Waals surface area contributed by atoms with E-state index in [0.717, 1.165) is 35.8 Å². The smallest absolute Gasteiger partial charge is 0.119 e. The van der Waals surface area contributed by atoms with Crippen LogP contribution in [0.5, 0.6) is 5.75 Å². The Labute approximate surface area is 127 Å². The van der Waals surface area contributed by atoms with Crippen LogP contribution in [0, 0.1) is 17.8 Å². The van der Waals surface area contributed by atoms with Crippen LogP contribution in [-0.2, 0) is 11.3 Å². The molecule has 3 nitrogen and oxygen atoms in total. The Morgan fingerprint density at radius 2 is 2.19 bits per heavy atom. The van der Waals surface area contributed by atoms with Gasteiger partial charge < -0.3 is 14.6 Å². The van der Waals surface area contributed by atoms with Crippen molar-refractivity contribution in [2.75, 3.05) is 20.3 Å². The number of aliphatic hydroxyl groups is 1. The first kappa shape index (κ1) is 15.9. The van der Waals surface area contributed by atoms with Gasteiger partial charge in [0.05, 0.1) is 20.3 Å². The zero-order valence-electron chi connectivity index (χ0n) is 12.7. The van der Waals surface area contributed by atoms with E-state index in [1.54, 1.807) is 7.11 Å². The van der Waals surface area contributed by atoms with Crippen molar-refractivity contribution < 1.29 is 14.6 Å². The normalized spacial score (nSPS) is 14.2. The van der Waals surface area contributed by atoms with E-state index in [9.17, 15) is 0 Å². The summed E-state index contributed by atoms with van der Waals surface area (Å²) in [7, 11) is 1.66. The van der Waals surface area contributed by atoms with Gasteiger partial charge >= 0.3 is 0 Å². The van der Waals surface area contributed by atoms with Crippen molar-refractivity contribution in [1.29, 1.82) is 0 Å². The molecule has 1 aliphatic carbocycles. The summed E-state index contributed by atoms with van der Waals surface area (Å²) in [4.78, 5) is 0. The van der Waals surface area contributed by atoms with E-state index in [0.29, 0.717) is 13.0 Å². The minimum absolute atomic E-state index is 0.0936. The van der Waals surface area contributed by atoms with Gasteiger partial charge in [-0.05, 0) is 36.1 Å². The van der Waals surface area contributed by atoms with Gasteiger partial charge in [0.2, 0.25) is 0 Å². The monoisotopic (exact) mass is 288 g/mol. The minimum Gasteiger partial charge on any atom is -0.497 e. The van der Waals surface area contributed by atoms with Crippen LogP contribution in [0.3, 0.4) is 0 Å². The highest BCUT2D eigenvalue weighted by atomic mass is 16.5. The van der Waals surface area contributed by atoms with Crippen molar-refractivity contribution in [2.24, 2.45) is 5.92 Å². The highest BCUT2D eigenvalue weighted by molar-refractivity contribution is 5.45. The summed E-state index contributed by atoms with van der Waals surface area (Å²) in [5.74, 6) is 7.75. The molecule has 3 heteroatoms. The molecule has 0 saturated heterocycles. The maximum Gasteiger partial charge on any atom is 0.119 e. The summed E-state index contributed by atoms with van der Waals surface area (Å²) in [6.07, 6.45) is 5.76. The van der Waals surface area contributed by atoms with Crippen LogP contribution >= 0.6 is 0 Å².